The smallest absolute Gasteiger partial charge is 0.408 e. The maximum absolute atomic E-state index is 13.6. The van der Waals surface area contributed by atoms with Crippen LogP contribution in [0.1, 0.15) is 78.0 Å². The summed E-state index contributed by atoms with van der Waals surface area (Å²) in [6.45, 7) is 13.4. The number of unbranched alkanes of at least 4 members (excludes halogenated alkanes) is 1. The number of alkyl carbamates (subject to hydrolysis) is 1. The summed E-state index contributed by atoms with van der Waals surface area (Å²) in [4.78, 5) is 40.3. The zero-order valence-electron chi connectivity index (χ0n) is 21.0. The van der Waals surface area contributed by atoms with E-state index in [1.54, 1.807) is 32.9 Å². The maximum atomic E-state index is 13.6. The van der Waals surface area contributed by atoms with E-state index < -0.39 is 29.7 Å². The Balaban J connectivity index is 3.32. The van der Waals surface area contributed by atoms with Gasteiger partial charge in [-0.15, -0.1) is 0 Å². The lowest BCUT2D eigenvalue weighted by Gasteiger charge is -2.32. The van der Waals surface area contributed by atoms with Gasteiger partial charge in [0.25, 0.3) is 5.91 Å². The van der Waals surface area contributed by atoms with Gasteiger partial charge < -0.3 is 15.4 Å². The fourth-order valence-corrected chi connectivity index (χ4v) is 3.18. The van der Waals surface area contributed by atoms with Gasteiger partial charge in [0.05, 0.1) is 0 Å². The minimum Gasteiger partial charge on any atom is -0.444 e. The number of benzene rings is 1. The number of amides is 3. The Bertz CT molecular complexity index is 837. The van der Waals surface area contributed by atoms with Crippen molar-refractivity contribution < 1.29 is 19.1 Å². The van der Waals surface area contributed by atoms with Crippen LogP contribution in [0.4, 0.5) is 4.79 Å². The second-order valence-electron chi connectivity index (χ2n) is 9.30. The van der Waals surface area contributed by atoms with Crippen molar-refractivity contribution in [2.75, 3.05) is 6.54 Å². The third kappa shape index (κ3) is 8.80. The molecule has 0 saturated heterocycles. The van der Waals surface area contributed by atoms with Crippen LogP contribution in [0.25, 0.3) is 0 Å². The Kier molecular flexibility index (Phi) is 10.9. The summed E-state index contributed by atoms with van der Waals surface area (Å²) < 4.78 is 5.35. The molecule has 7 nitrogen and oxygen atoms in total. The lowest BCUT2D eigenvalue weighted by molar-refractivity contribution is -0.139. The minimum absolute atomic E-state index is 0.234. The number of nitrogens with zero attached hydrogens (tertiary/aromatic N) is 1. The molecule has 0 fully saturated rings. The van der Waals surface area contributed by atoms with E-state index >= 15 is 0 Å². The van der Waals surface area contributed by atoms with Gasteiger partial charge in [-0.2, -0.15) is 0 Å². The Morgan fingerprint density at radius 2 is 1.76 bits per heavy atom. The highest BCUT2D eigenvalue weighted by Crippen LogP contribution is 2.24. The Hall–Kier alpha value is -3.01. The van der Waals surface area contributed by atoms with Gasteiger partial charge in [0.1, 0.15) is 17.7 Å². The number of carbonyl (C=O) groups excluding carboxylic acids is 3. The number of rotatable bonds is 10. The summed E-state index contributed by atoms with van der Waals surface area (Å²) >= 11 is 0. The first-order valence-electron chi connectivity index (χ1n) is 11.6. The third-order valence-electron chi connectivity index (χ3n) is 5.26. The van der Waals surface area contributed by atoms with Crippen molar-refractivity contribution in [2.24, 2.45) is 5.92 Å². The molecule has 0 spiro atoms. The highest BCUT2D eigenvalue weighted by molar-refractivity contribution is 5.93. The van der Waals surface area contributed by atoms with Crippen molar-refractivity contribution in [1.82, 2.24) is 15.5 Å². The van der Waals surface area contributed by atoms with Gasteiger partial charge >= 0.3 is 6.09 Å². The Morgan fingerprint density at radius 1 is 1.15 bits per heavy atom. The fourth-order valence-electron chi connectivity index (χ4n) is 3.18. The van der Waals surface area contributed by atoms with E-state index in [1.807, 2.05) is 39.8 Å². The zero-order valence-corrected chi connectivity index (χ0v) is 21.0. The molecule has 0 saturated carbocycles. The average Bonchev–Trinajstić information content (AvgIpc) is 2.74. The zero-order chi connectivity index (χ0) is 25.2. The molecule has 3 atom stereocenters. The predicted octanol–water partition coefficient (Wildman–Crippen LogP) is 4.31. The molecule has 33 heavy (non-hydrogen) atoms. The van der Waals surface area contributed by atoms with E-state index in [9.17, 15) is 14.4 Å². The van der Waals surface area contributed by atoms with Gasteiger partial charge in [0.15, 0.2) is 0 Å². The normalized spacial score (nSPS) is 13.8. The lowest BCUT2D eigenvalue weighted by Crippen LogP contribution is -2.54. The van der Waals surface area contributed by atoms with Crippen molar-refractivity contribution in [2.45, 2.75) is 85.4 Å². The first-order valence-corrected chi connectivity index (χ1v) is 11.6. The van der Waals surface area contributed by atoms with Crippen molar-refractivity contribution in [3.63, 3.8) is 0 Å². The molecule has 0 aliphatic heterocycles. The molecule has 0 radical (unpaired) electrons. The van der Waals surface area contributed by atoms with Crippen LogP contribution in [0.3, 0.4) is 0 Å². The molecule has 0 bridgehead atoms. The molecule has 0 aromatic heterocycles. The number of carbonyl (C=O) groups is 3. The largest absolute Gasteiger partial charge is 0.444 e. The van der Waals surface area contributed by atoms with Gasteiger partial charge in [0.2, 0.25) is 5.91 Å². The summed E-state index contributed by atoms with van der Waals surface area (Å²) in [6.07, 6.45) is 7.41. The summed E-state index contributed by atoms with van der Waals surface area (Å²) in [5.74, 6) is -1.13. The summed E-state index contributed by atoms with van der Waals surface area (Å²) in [6, 6.07) is 7.74. The highest BCUT2D eigenvalue weighted by Gasteiger charge is 2.37. The highest BCUT2D eigenvalue weighted by atomic mass is 16.6. The van der Waals surface area contributed by atoms with Crippen molar-refractivity contribution in [3.05, 3.63) is 35.4 Å². The molecule has 3 amide bonds. The molecule has 1 aromatic carbocycles. The van der Waals surface area contributed by atoms with E-state index in [0.29, 0.717) is 18.5 Å². The molecule has 1 rings (SSSR count). The molecular weight excluding hydrogens is 418 g/mol. The first kappa shape index (κ1) is 28.0. The predicted molar refractivity (Wildman–Crippen MR) is 130 cm³/mol. The number of terminal acetylenes is 1. The number of hydrogen-bond donors (Lipinski definition) is 2. The average molecular weight is 458 g/mol. The molecule has 2 N–H and O–H groups in total. The Morgan fingerprint density at radius 3 is 2.24 bits per heavy atom. The van der Waals surface area contributed by atoms with Gasteiger partial charge in [-0.05, 0) is 45.6 Å². The molecular formula is C26H39N3O4. The van der Waals surface area contributed by atoms with Gasteiger partial charge in [-0.25, -0.2) is 4.79 Å². The lowest BCUT2D eigenvalue weighted by atomic mass is 9.96. The van der Waals surface area contributed by atoms with Gasteiger partial charge in [-0.1, -0.05) is 69.9 Å². The third-order valence-corrected chi connectivity index (χ3v) is 5.26. The maximum Gasteiger partial charge on any atom is 0.408 e. The SMILES string of the molecule is C#CN(C(=O)C(NC(=O)OC(C)(C)C)C(C)CC)C(C(=O)NCCCC)c1ccc(C)cc1. The van der Waals surface area contributed by atoms with E-state index in [2.05, 4.69) is 16.7 Å². The van der Waals surface area contributed by atoms with Crippen molar-refractivity contribution in [1.29, 1.82) is 0 Å². The van der Waals surface area contributed by atoms with Crippen LogP contribution in [0, 0.1) is 25.3 Å². The number of aryl methyl sites for hydroxylation is 1. The van der Waals surface area contributed by atoms with Crippen molar-refractivity contribution >= 4 is 17.9 Å². The molecule has 0 aliphatic carbocycles. The standard InChI is InChI=1S/C26H39N3O4/c1-9-12-17-27-23(30)22(20-15-13-18(4)14-16-20)29(11-3)24(31)21(19(5)10-2)28-25(32)33-26(6,7)8/h3,13-16,19,21-22H,9-10,12,17H2,1-2,4-8H3,(H,27,30)(H,28,32). The van der Waals surface area contributed by atoms with E-state index in [4.69, 9.17) is 11.2 Å². The fraction of sp³-hybridized carbons (Fsp3) is 0.577. The van der Waals surface area contributed by atoms with Gasteiger partial charge in [-0.3, -0.25) is 14.5 Å². The van der Waals surface area contributed by atoms with Gasteiger partial charge in [0, 0.05) is 12.6 Å². The monoisotopic (exact) mass is 457 g/mol. The molecule has 182 valence electrons. The quantitative estimate of drug-likeness (QED) is 0.311. The topological polar surface area (TPSA) is 87.7 Å². The van der Waals surface area contributed by atoms with Crippen LogP contribution in [-0.2, 0) is 14.3 Å². The summed E-state index contributed by atoms with van der Waals surface area (Å²) in [7, 11) is 0. The molecule has 0 aliphatic rings. The van der Waals surface area contributed by atoms with Crippen LogP contribution < -0.4 is 10.6 Å². The first-order chi connectivity index (χ1) is 15.4. The number of hydrogen-bond acceptors (Lipinski definition) is 4. The van der Waals surface area contributed by atoms with Crippen LogP contribution in [0.15, 0.2) is 24.3 Å². The molecule has 7 heteroatoms. The van der Waals surface area contributed by atoms with E-state index in [1.165, 1.54) is 0 Å². The molecule has 3 unspecified atom stereocenters. The second kappa shape index (κ2) is 12.9. The second-order valence-corrected chi connectivity index (χ2v) is 9.30. The van der Waals surface area contributed by atoms with Crippen LogP contribution >= 0.6 is 0 Å². The van der Waals surface area contributed by atoms with E-state index in [-0.39, 0.29) is 11.8 Å². The van der Waals surface area contributed by atoms with Crippen molar-refractivity contribution in [3.8, 4) is 12.5 Å². The number of ether oxygens (including phenoxy) is 1. The molecule has 1 aromatic rings. The van der Waals surface area contributed by atoms with Crippen LogP contribution in [0.5, 0.6) is 0 Å². The number of nitrogens with one attached hydrogen (secondary N) is 2. The van der Waals surface area contributed by atoms with E-state index in [0.717, 1.165) is 23.3 Å². The summed E-state index contributed by atoms with van der Waals surface area (Å²) in [5.41, 5.74) is 0.898. The van der Waals surface area contributed by atoms with Crippen LogP contribution in [0.2, 0.25) is 0 Å². The minimum atomic E-state index is -1.02. The van der Waals surface area contributed by atoms with Crippen LogP contribution in [-0.4, -0.2) is 41.0 Å². The Labute approximate surface area is 198 Å². The molecule has 0 heterocycles. The summed E-state index contributed by atoms with van der Waals surface area (Å²) in [5, 5.41) is 5.55.